The molecule has 2 heterocycles. The van der Waals surface area contributed by atoms with Crippen molar-refractivity contribution in [3.05, 3.63) is 59.2 Å². The van der Waals surface area contributed by atoms with E-state index in [1.165, 1.54) is 28.6 Å². The Hall–Kier alpha value is -1.84. The molecule has 2 nitrogen and oxygen atoms in total. The van der Waals surface area contributed by atoms with Crippen molar-refractivity contribution in [2.75, 3.05) is 0 Å². The summed E-state index contributed by atoms with van der Waals surface area (Å²) in [5, 5.41) is 0.740. The topological polar surface area (TPSA) is 17.3 Å². The highest BCUT2D eigenvalue weighted by atomic mass is 35.5. The summed E-state index contributed by atoms with van der Waals surface area (Å²) in [6.07, 6.45) is 5.70. The van der Waals surface area contributed by atoms with E-state index in [-0.39, 0.29) is 0 Å². The minimum absolute atomic E-state index is 0.740. The average molecular weight is 341 g/mol. The van der Waals surface area contributed by atoms with Crippen molar-refractivity contribution in [1.29, 1.82) is 0 Å². The summed E-state index contributed by atoms with van der Waals surface area (Å²) in [6.45, 7) is 2.23. The number of rotatable bonds is 4. The van der Waals surface area contributed by atoms with Crippen LogP contribution in [-0.2, 0) is 6.42 Å². The number of nitrogens with zero attached hydrogens (tertiary/aromatic N) is 2. The van der Waals surface area contributed by atoms with Crippen LogP contribution in [0.25, 0.3) is 26.4 Å². The maximum Gasteiger partial charge on any atom is 0.195 e. The van der Waals surface area contributed by atoms with Gasteiger partial charge in [0.05, 0.1) is 20.9 Å². The third kappa shape index (κ3) is 2.64. The van der Waals surface area contributed by atoms with Gasteiger partial charge in [0.25, 0.3) is 0 Å². The molecule has 0 spiro atoms. The van der Waals surface area contributed by atoms with Crippen molar-refractivity contribution in [3.8, 4) is 11.3 Å². The number of thiazole rings is 1. The molecule has 2 aromatic heterocycles. The van der Waals surface area contributed by atoms with Crippen LogP contribution in [0.4, 0.5) is 0 Å². The largest absolute Gasteiger partial charge is 0.290 e. The Bertz CT molecular complexity index is 984. The van der Waals surface area contributed by atoms with Gasteiger partial charge in [-0.25, -0.2) is 4.98 Å². The molecule has 0 fully saturated rings. The first-order chi connectivity index (χ1) is 11.3. The van der Waals surface area contributed by atoms with Gasteiger partial charge in [0, 0.05) is 11.8 Å². The molecule has 0 saturated carbocycles. The second kappa shape index (κ2) is 5.99. The van der Waals surface area contributed by atoms with Gasteiger partial charge in [-0.15, -0.1) is 0 Å². The van der Waals surface area contributed by atoms with Crippen LogP contribution in [0.3, 0.4) is 0 Å². The standard InChI is InChI=1S/C19H17ClN2S/c1-2-3-6-13-9-10-17-18(11-13)23-19-21-16(12-22(17)19)14-7-4-5-8-15(14)20/h4-5,7-12H,2-3,6H2,1H3. The molecular weight excluding hydrogens is 324 g/mol. The van der Waals surface area contributed by atoms with E-state index in [4.69, 9.17) is 16.6 Å². The molecule has 0 amide bonds. The van der Waals surface area contributed by atoms with Crippen molar-refractivity contribution in [3.63, 3.8) is 0 Å². The summed E-state index contributed by atoms with van der Waals surface area (Å²) in [7, 11) is 0. The van der Waals surface area contributed by atoms with Crippen LogP contribution in [0, 0.1) is 0 Å². The normalized spacial score (nSPS) is 11.6. The monoisotopic (exact) mass is 340 g/mol. The predicted octanol–water partition coefficient (Wildman–Crippen LogP) is 6.21. The summed E-state index contributed by atoms with van der Waals surface area (Å²) in [5.74, 6) is 0. The van der Waals surface area contributed by atoms with E-state index in [0.29, 0.717) is 0 Å². The van der Waals surface area contributed by atoms with Crippen LogP contribution in [0.5, 0.6) is 0 Å². The van der Waals surface area contributed by atoms with Gasteiger partial charge < -0.3 is 0 Å². The van der Waals surface area contributed by atoms with Crippen LogP contribution in [0.1, 0.15) is 25.3 Å². The molecule has 0 aliphatic heterocycles. The number of fused-ring (bicyclic) bond motifs is 3. The zero-order valence-corrected chi connectivity index (χ0v) is 14.5. The molecule has 4 heteroatoms. The third-order valence-electron chi connectivity index (χ3n) is 4.13. The highest BCUT2D eigenvalue weighted by molar-refractivity contribution is 7.23. The molecule has 0 N–H and O–H groups in total. The van der Waals surface area contributed by atoms with Gasteiger partial charge in [0.1, 0.15) is 0 Å². The molecule has 0 aliphatic carbocycles. The smallest absolute Gasteiger partial charge is 0.195 e. The van der Waals surface area contributed by atoms with Crippen molar-refractivity contribution >= 4 is 38.1 Å². The Morgan fingerprint density at radius 2 is 2.04 bits per heavy atom. The van der Waals surface area contributed by atoms with Crippen molar-refractivity contribution in [1.82, 2.24) is 9.38 Å². The molecule has 4 aromatic rings. The first kappa shape index (κ1) is 14.7. The zero-order valence-electron chi connectivity index (χ0n) is 12.9. The molecule has 0 bridgehead atoms. The fourth-order valence-corrected chi connectivity index (χ4v) is 4.18. The van der Waals surface area contributed by atoms with Gasteiger partial charge in [-0.05, 0) is 36.6 Å². The second-order valence-corrected chi connectivity index (χ2v) is 7.18. The summed E-state index contributed by atoms with van der Waals surface area (Å²) >= 11 is 8.03. The van der Waals surface area contributed by atoms with E-state index in [2.05, 4.69) is 35.7 Å². The lowest BCUT2D eigenvalue weighted by molar-refractivity contribution is 0.796. The van der Waals surface area contributed by atoms with Gasteiger partial charge in [0.2, 0.25) is 0 Å². The lowest BCUT2D eigenvalue weighted by atomic mass is 10.1. The molecule has 116 valence electrons. The summed E-state index contributed by atoms with van der Waals surface area (Å²) in [4.78, 5) is 5.79. The lowest BCUT2D eigenvalue weighted by Gasteiger charge is -2.00. The van der Waals surface area contributed by atoms with Crippen molar-refractivity contribution in [2.45, 2.75) is 26.2 Å². The predicted molar refractivity (Wildman–Crippen MR) is 99.6 cm³/mol. The number of imidazole rings is 1. The third-order valence-corrected chi connectivity index (χ3v) is 5.47. The van der Waals surface area contributed by atoms with Crippen LogP contribution < -0.4 is 0 Å². The Labute approximate surface area is 144 Å². The van der Waals surface area contributed by atoms with E-state index in [0.717, 1.165) is 27.7 Å². The lowest BCUT2D eigenvalue weighted by Crippen LogP contribution is -1.84. The van der Waals surface area contributed by atoms with E-state index < -0.39 is 0 Å². The maximum atomic E-state index is 6.29. The van der Waals surface area contributed by atoms with E-state index in [9.17, 15) is 0 Å². The van der Waals surface area contributed by atoms with Gasteiger partial charge in [-0.3, -0.25) is 4.40 Å². The minimum Gasteiger partial charge on any atom is -0.290 e. The van der Waals surface area contributed by atoms with Crippen molar-refractivity contribution < 1.29 is 0 Å². The molecule has 0 atom stereocenters. The second-order valence-electron chi connectivity index (χ2n) is 5.77. The SMILES string of the molecule is CCCCc1ccc2c(c1)sc1nc(-c3ccccc3Cl)cn12. The summed E-state index contributed by atoms with van der Waals surface area (Å²) in [5.41, 5.74) is 4.54. The molecule has 4 rings (SSSR count). The van der Waals surface area contributed by atoms with Crippen LogP contribution in [-0.4, -0.2) is 9.38 Å². The molecule has 0 unspecified atom stereocenters. The Morgan fingerprint density at radius 1 is 1.17 bits per heavy atom. The van der Waals surface area contributed by atoms with E-state index >= 15 is 0 Å². The number of hydrogen-bond donors (Lipinski definition) is 0. The van der Waals surface area contributed by atoms with Crippen molar-refractivity contribution in [2.24, 2.45) is 0 Å². The first-order valence-corrected chi connectivity index (χ1v) is 9.11. The number of aryl methyl sites for hydroxylation is 1. The molecular formula is C19H17ClN2S. The highest BCUT2D eigenvalue weighted by Gasteiger charge is 2.12. The fraction of sp³-hybridized carbons (Fsp3) is 0.211. The highest BCUT2D eigenvalue weighted by Crippen LogP contribution is 2.32. The number of aromatic nitrogens is 2. The molecule has 0 aliphatic rings. The number of halogens is 1. The number of unbranched alkanes of at least 4 members (excludes halogenated alkanes) is 1. The number of hydrogen-bond acceptors (Lipinski definition) is 2. The first-order valence-electron chi connectivity index (χ1n) is 7.91. The molecule has 23 heavy (non-hydrogen) atoms. The van der Waals surface area contributed by atoms with E-state index in [1.807, 2.05) is 24.3 Å². The van der Waals surface area contributed by atoms with Gasteiger partial charge in [-0.2, -0.15) is 0 Å². The van der Waals surface area contributed by atoms with Crippen LogP contribution in [0.2, 0.25) is 5.02 Å². The zero-order chi connectivity index (χ0) is 15.8. The summed E-state index contributed by atoms with van der Waals surface area (Å²) in [6, 6.07) is 14.6. The Balaban J connectivity index is 1.80. The fourth-order valence-electron chi connectivity index (χ4n) is 2.88. The Kier molecular flexibility index (Phi) is 3.83. The van der Waals surface area contributed by atoms with Gasteiger partial charge in [-0.1, -0.05) is 60.5 Å². The molecule has 0 saturated heterocycles. The molecule has 0 radical (unpaired) electrons. The van der Waals surface area contributed by atoms with Crippen LogP contribution >= 0.6 is 22.9 Å². The number of benzene rings is 2. The van der Waals surface area contributed by atoms with Gasteiger partial charge >= 0.3 is 0 Å². The minimum atomic E-state index is 0.740. The maximum absolute atomic E-state index is 6.29. The summed E-state index contributed by atoms with van der Waals surface area (Å²) < 4.78 is 3.47. The van der Waals surface area contributed by atoms with Gasteiger partial charge in [0.15, 0.2) is 4.96 Å². The molecule has 2 aromatic carbocycles. The quantitative estimate of drug-likeness (QED) is 0.431. The van der Waals surface area contributed by atoms with E-state index in [1.54, 1.807) is 11.3 Å². The van der Waals surface area contributed by atoms with Crippen LogP contribution in [0.15, 0.2) is 48.7 Å². The Morgan fingerprint density at radius 3 is 2.87 bits per heavy atom. The average Bonchev–Trinajstić information content (AvgIpc) is 3.10.